The van der Waals surface area contributed by atoms with Crippen LogP contribution in [0, 0.1) is 0 Å². The molecule has 0 radical (unpaired) electrons. The van der Waals surface area contributed by atoms with Gasteiger partial charge in [-0.05, 0) is 20.3 Å². The summed E-state index contributed by atoms with van der Waals surface area (Å²) >= 11 is 0. The molecule has 1 fully saturated rings. The second-order valence-corrected chi connectivity index (χ2v) is 3.24. The minimum atomic E-state index is 0.488. The fourth-order valence-electron chi connectivity index (χ4n) is 1.42. The molecule has 2 heteroatoms. The number of hydrogen-bond acceptors (Lipinski definition) is 2. The topological polar surface area (TPSA) is 12.5 Å². The molecule has 0 aliphatic carbocycles. The average molecular weight is 143 g/mol. The van der Waals surface area contributed by atoms with E-state index in [2.05, 4.69) is 18.7 Å². The number of ether oxygens (including phenoxy) is 1. The highest BCUT2D eigenvalue weighted by Crippen LogP contribution is 2.13. The molecule has 0 aromatic rings. The minimum absolute atomic E-state index is 0.488. The molecule has 10 heavy (non-hydrogen) atoms. The predicted molar refractivity (Wildman–Crippen MR) is 42.1 cm³/mol. The molecule has 1 rings (SSSR count). The first-order chi connectivity index (χ1) is 4.74. The van der Waals surface area contributed by atoms with Crippen molar-refractivity contribution in [1.82, 2.24) is 4.90 Å². The van der Waals surface area contributed by atoms with Crippen LogP contribution in [0.25, 0.3) is 0 Å². The molecule has 0 saturated carbocycles. The molecule has 0 aromatic heterocycles. The minimum Gasteiger partial charge on any atom is -0.380 e. The predicted octanol–water partition coefficient (Wildman–Crippen LogP) is 1.12. The van der Waals surface area contributed by atoms with Gasteiger partial charge in [0.1, 0.15) is 0 Å². The van der Waals surface area contributed by atoms with E-state index < -0.39 is 0 Å². The Balaban J connectivity index is 2.28. The average Bonchev–Trinajstić information content (AvgIpc) is 2.34. The van der Waals surface area contributed by atoms with Crippen molar-refractivity contribution in [3.8, 4) is 0 Å². The Morgan fingerprint density at radius 1 is 1.50 bits per heavy atom. The number of hydrogen-bond donors (Lipinski definition) is 0. The Bertz CT molecular complexity index is 103. The number of methoxy groups -OCH3 is 1. The summed E-state index contributed by atoms with van der Waals surface area (Å²) in [6.45, 7) is 6.79. The lowest BCUT2D eigenvalue weighted by molar-refractivity contribution is 0.104. The molecule has 1 aliphatic heterocycles. The van der Waals surface area contributed by atoms with E-state index in [9.17, 15) is 0 Å². The van der Waals surface area contributed by atoms with Gasteiger partial charge in [-0.1, -0.05) is 0 Å². The smallest absolute Gasteiger partial charge is 0.0710 e. The van der Waals surface area contributed by atoms with Crippen LogP contribution in [0.5, 0.6) is 0 Å². The molecule has 0 aromatic carbocycles. The van der Waals surface area contributed by atoms with Gasteiger partial charge in [-0.25, -0.2) is 0 Å². The lowest BCUT2D eigenvalue weighted by Crippen LogP contribution is -2.29. The molecule has 60 valence electrons. The standard InChI is InChI=1S/C8H17NO/c1-7(2)9-5-4-8(6-9)10-3/h7-8H,4-6H2,1-3H3/t8-/m1/s1. The molecule has 1 atom stereocenters. The molecule has 0 unspecified atom stereocenters. The number of rotatable bonds is 2. The van der Waals surface area contributed by atoms with Crippen molar-refractivity contribution in [3.05, 3.63) is 0 Å². The van der Waals surface area contributed by atoms with Gasteiger partial charge >= 0.3 is 0 Å². The third-order valence-electron chi connectivity index (χ3n) is 2.24. The van der Waals surface area contributed by atoms with E-state index in [0.29, 0.717) is 12.1 Å². The van der Waals surface area contributed by atoms with E-state index in [4.69, 9.17) is 4.74 Å². The molecule has 0 amide bonds. The molecule has 1 heterocycles. The summed E-state index contributed by atoms with van der Waals surface area (Å²) < 4.78 is 5.25. The zero-order valence-electron chi connectivity index (χ0n) is 7.13. The third-order valence-corrected chi connectivity index (χ3v) is 2.24. The fraction of sp³-hybridized carbons (Fsp3) is 1.00. The van der Waals surface area contributed by atoms with Crippen molar-refractivity contribution in [2.24, 2.45) is 0 Å². The quantitative estimate of drug-likeness (QED) is 0.574. The second-order valence-electron chi connectivity index (χ2n) is 3.24. The highest BCUT2D eigenvalue weighted by molar-refractivity contribution is 4.77. The van der Waals surface area contributed by atoms with E-state index in [0.717, 1.165) is 6.54 Å². The van der Waals surface area contributed by atoms with Crippen molar-refractivity contribution >= 4 is 0 Å². The SMILES string of the molecule is CO[C@@H]1CCN(C(C)C)C1. The van der Waals surface area contributed by atoms with Crippen LogP contribution in [0.2, 0.25) is 0 Å². The summed E-state index contributed by atoms with van der Waals surface area (Å²) in [6.07, 6.45) is 1.69. The number of nitrogens with zero attached hydrogens (tertiary/aromatic N) is 1. The van der Waals surface area contributed by atoms with Gasteiger partial charge in [0.25, 0.3) is 0 Å². The van der Waals surface area contributed by atoms with Crippen LogP contribution < -0.4 is 0 Å². The van der Waals surface area contributed by atoms with Crippen LogP contribution in [0.4, 0.5) is 0 Å². The maximum atomic E-state index is 5.25. The first kappa shape index (κ1) is 8.02. The van der Waals surface area contributed by atoms with Gasteiger partial charge in [0.15, 0.2) is 0 Å². The molecule has 1 aliphatic rings. The van der Waals surface area contributed by atoms with Crippen LogP contribution in [0.15, 0.2) is 0 Å². The Kier molecular flexibility index (Phi) is 2.69. The van der Waals surface area contributed by atoms with Crippen molar-refractivity contribution in [1.29, 1.82) is 0 Å². The second kappa shape index (κ2) is 3.35. The highest BCUT2D eigenvalue weighted by Gasteiger charge is 2.23. The highest BCUT2D eigenvalue weighted by atomic mass is 16.5. The van der Waals surface area contributed by atoms with E-state index in [1.165, 1.54) is 13.0 Å². The van der Waals surface area contributed by atoms with E-state index in [1.54, 1.807) is 7.11 Å². The van der Waals surface area contributed by atoms with Gasteiger partial charge in [0, 0.05) is 26.2 Å². The van der Waals surface area contributed by atoms with Crippen LogP contribution in [-0.2, 0) is 4.74 Å². The van der Waals surface area contributed by atoms with E-state index >= 15 is 0 Å². The summed E-state index contributed by atoms with van der Waals surface area (Å²) in [6, 6.07) is 0.681. The molecular formula is C8H17NO. The van der Waals surface area contributed by atoms with Crippen LogP contribution in [0.1, 0.15) is 20.3 Å². The fourth-order valence-corrected chi connectivity index (χ4v) is 1.42. The van der Waals surface area contributed by atoms with Gasteiger partial charge in [-0.3, -0.25) is 4.90 Å². The molecule has 0 N–H and O–H groups in total. The molecular weight excluding hydrogens is 126 g/mol. The van der Waals surface area contributed by atoms with Gasteiger partial charge in [0.2, 0.25) is 0 Å². The van der Waals surface area contributed by atoms with Gasteiger partial charge in [-0.2, -0.15) is 0 Å². The monoisotopic (exact) mass is 143 g/mol. The van der Waals surface area contributed by atoms with Crippen molar-refractivity contribution < 1.29 is 4.74 Å². The summed E-state index contributed by atoms with van der Waals surface area (Å²) in [5.41, 5.74) is 0. The molecule has 0 bridgehead atoms. The normalized spacial score (nSPS) is 28.2. The van der Waals surface area contributed by atoms with Crippen molar-refractivity contribution in [2.75, 3.05) is 20.2 Å². The molecule has 0 spiro atoms. The largest absolute Gasteiger partial charge is 0.380 e. The summed E-state index contributed by atoms with van der Waals surface area (Å²) in [5, 5.41) is 0. The van der Waals surface area contributed by atoms with Gasteiger partial charge in [0.05, 0.1) is 6.10 Å². The Morgan fingerprint density at radius 2 is 2.20 bits per heavy atom. The molecule has 2 nitrogen and oxygen atoms in total. The Morgan fingerprint density at radius 3 is 2.50 bits per heavy atom. The van der Waals surface area contributed by atoms with E-state index in [1.807, 2.05) is 0 Å². The zero-order valence-corrected chi connectivity index (χ0v) is 7.13. The maximum absolute atomic E-state index is 5.25. The van der Waals surface area contributed by atoms with Crippen molar-refractivity contribution in [2.45, 2.75) is 32.4 Å². The Hall–Kier alpha value is -0.0800. The van der Waals surface area contributed by atoms with Crippen molar-refractivity contribution in [3.63, 3.8) is 0 Å². The first-order valence-corrected chi connectivity index (χ1v) is 4.01. The number of likely N-dealkylation sites (tertiary alicyclic amines) is 1. The zero-order chi connectivity index (χ0) is 7.56. The maximum Gasteiger partial charge on any atom is 0.0710 e. The summed E-state index contributed by atoms with van der Waals surface area (Å²) in [4.78, 5) is 2.45. The first-order valence-electron chi connectivity index (χ1n) is 4.01. The lowest BCUT2D eigenvalue weighted by Gasteiger charge is -2.19. The Labute approximate surface area is 63.2 Å². The summed E-state index contributed by atoms with van der Waals surface area (Å²) in [5.74, 6) is 0. The third kappa shape index (κ3) is 1.70. The van der Waals surface area contributed by atoms with Crippen LogP contribution >= 0.6 is 0 Å². The molecule has 1 saturated heterocycles. The van der Waals surface area contributed by atoms with Crippen LogP contribution in [-0.4, -0.2) is 37.2 Å². The van der Waals surface area contributed by atoms with E-state index in [-0.39, 0.29) is 0 Å². The summed E-state index contributed by atoms with van der Waals surface area (Å²) in [7, 11) is 1.80. The lowest BCUT2D eigenvalue weighted by atomic mass is 10.3. The van der Waals surface area contributed by atoms with Gasteiger partial charge < -0.3 is 4.74 Å². The van der Waals surface area contributed by atoms with Gasteiger partial charge in [-0.15, -0.1) is 0 Å². The van der Waals surface area contributed by atoms with Crippen LogP contribution in [0.3, 0.4) is 0 Å².